The third-order valence-corrected chi connectivity index (χ3v) is 2.17. The predicted octanol–water partition coefficient (Wildman–Crippen LogP) is 1.78. The highest BCUT2D eigenvalue weighted by Crippen LogP contribution is 2.01. The zero-order chi connectivity index (χ0) is 9.56. The molecule has 0 bridgehead atoms. The fraction of sp³-hybridized carbons (Fsp3) is 1.00. The molecule has 0 saturated carbocycles. The molecule has 0 radical (unpaired) electrons. The summed E-state index contributed by atoms with van der Waals surface area (Å²) in [6, 6.07) is 0.531. The average Bonchev–Trinajstić information content (AvgIpc) is 2.00. The predicted molar refractivity (Wildman–Crippen MR) is 53.2 cm³/mol. The van der Waals surface area contributed by atoms with Gasteiger partial charge in [0.25, 0.3) is 0 Å². The van der Waals surface area contributed by atoms with E-state index in [0.29, 0.717) is 12.0 Å². The Kier molecular flexibility index (Phi) is 6.39. The normalized spacial score (nSPS) is 16.5. The Balaban J connectivity index is 3.40. The molecule has 12 heavy (non-hydrogen) atoms. The summed E-state index contributed by atoms with van der Waals surface area (Å²) in [5.74, 6) is 0.353. The van der Waals surface area contributed by atoms with Crippen LogP contribution in [-0.2, 0) is 0 Å². The number of hydrogen-bond donors (Lipinski definition) is 2. The van der Waals surface area contributed by atoms with E-state index in [1.165, 1.54) is 12.8 Å². The molecule has 0 aromatic carbocycles. The Morgan fingerprint density at radius 1 is 1.25 bits per heavy atom. The van der Waals surface area contributed by atoms with E-state index in [1.54, 1.807) is 0 Å². The maximum absolute atomic E-state index is 9.48. The van der Waals surface area contributed by atoms with Crippen LogP contribution in [-0.4, -0.2) is 23.8 Å². The van der Waals surface area contributed by atoms with E-state index in [-0.39, 0.29) is 6.10 Å². The number of aliphatic hydroxyl groups is 1. The number of aliphatic hydroxyl groups excluding tert-OH is 1. The number of rotatable bonds is 6. The van der Waals surface area contributed by atoms with Crippen LogP contribution >= 0.6 is 0 Å². The van der Waals surface area contributed by atoms with Crippen molar-refractivity contribution in [1.82, 2.24) is 5.32 Å². The first-order valence-electron chi connectivity index (χ1n) is 4.99. The summed E-state index contributed by atoms with van der Waals surface area (Å²) in [5, 5.41) is 12.8. The molecule has 2 atom stereocenters. The SMILES string of the molecule is CCCC(C)NCC(O)C(C)C. The molecule has 2 unspecified atom stereocenters. The van der Waals surface area contributed by atoms with Crippen molar-refractivity contribution in [3.8, 4) is 0 Å². The molecule has 0 aliphatic heterocycles. The zero-order valence-electron chi connectivity index (χ0n) is 8.80. The molecule has 2 heteroatoms. The van der Waals surface area contributed by atoms with Crippen molar-refractivity contribution in [1.29, 1.82) is 0 Å². The number of nitrogens with one attached hydrogen (secondary N) is 1. The van der Waals surface area contributed by atoms with Gasteiger partial charge in [-0.3, -0.25) is 0 Å². The van der Waals surface area contributed by atoms with Gasteiger partial charge in [0.2, 0.25) is 0 Å². The first-order valence-corrected chi connectivity index (χ1v) is 4.99. The first-order chi connectivity index (χ1) is 5.57. The van der Waals surface area contributed by atoms with Gasteiger partial charge in [-0.05, 0) is 19.3 Å². The van der Waals surface area contributed by atoms with Crippen molar-refractivity contribution in [3.63, 3.8) is 0 Å². The van der Waals surface area contributed by atoms with Crippen LogP contribution in [0.15, 0.2) is 0 Å². The van der Waals surface area contributed by atoms with E-state index in [1.807, 2.05) is 13.8 Å². The Labute approximate surface area is 76.4 Å². The lowest BCUT2D eigenvalue weighted by Crippen LogP contribution is -2.35. The van der Waals surface area contributed by atoms with Crippen LogP contribution in [0.2, 0.25) is 0 Å². The largest absolute Gasteiger partial charge is 0.392 e. The van der Waals surface area contributed by atoms with Crippen molar-refractivity contribution in [2.45, 2.75) is 52.7 Å². The molecular weight excluding hydrogens is 150 g/mol. The number of hydrogen-bond acceptors (Lipinski definition) is 2. The molecule has 2 N–H and O–H groups in total. The summed E-state index contributed by atoms with van der Waals surface area (Å²) < 4.78 is 0. The van der Waals surface area contributed by atoms with Gasteiger partial charge in [0.1, 0.15) is 0 Å². The Bertz CT molecular complexity index is 104. The van der Waals surface area contributed by atoms with Gasteiger partial charge in [-0.25, -0.2) is 0 Å². The molecule has 0 aliphatic rings. The minimum absolute atomic E-state index is 0.204. The van der Waals surface area contributed by atoms with Crippen LogP contribution < -0.4 is 5.32 Å². The summed E-state index contributed by atoms with van der Waals surface area (Å²) in [5.41, 5.74) is 0. The van der Waals surface area contributed by atoms with Gasteiger partial charge in [0.15, 0.2) is 0 Å². The lowest BCUT2D eigenvalue weighted by Gasteiger charge is -2.18. The van der Waals surface area contributed by atoms with Crippen LogP contribution in [0.5, 0.6) is 0 Å². The van der Waals surface area contributed by atoms with Crippen molar-refractivity contribution >= 4 is 0 Å². The molecule has 0 heterocycles. The summed E-state index contributed by atoms with van der Waals surface area (Å²) in [7, 11) is 0. The first kappa shape index (κ1) is 11.9. The molecule has 0 aliphatic carbocycles. The van der Waals surface area contributed by atoms with Crippen molar-refractivity contribution < 1.29 is 5.11 Å². The van der Waals surface area contributed by atoms with Crippen molar-refractivity contribution in [2.24, 2.45) is 5.92 Å². The summed E-state index contributed by atoms with van der Waals surface area (Å²) in [6.07, 6.45) is 2.18. The van der Waals surface area contributed by atoms with Crippen molar-refractivity contribution in [3.05, 3.63) is 0 Å². The summed E-state index contributed by atoms with van der Waals surface area (Å²) in [4.78, 5) is 0. The molecule has 0 saturated heterocycles. The van der Waals surface area contributed by atoms with E-state index < -0.39 is 0 Å². The molecule has 0 aromatic rings. The highest BCUT2D eigenvalue weighted by Gasteiger charge is 2.09. The van der Waals surface area contributed by atoms with E-state index in [2.05, 4.69) is 19.2 Å². The van der Waals surface area contributed by atoms with E-state index in [0.717, 1.165) is 6.54 Å². The second-order valence-corrected chi connectivity index (χ2v) is 3.91. The topological polar surface area (TPSA) is 32.3 Å². The standard InChI is InChI=1S/C10H23NO/c1-5-6-9(4)11-7-10(12)8(2)3/h8-12H,5-7H2,1-4H3. The maximum Gasteiger partial charge on any atom is 0.0687 e. The Hall–Kier alpha value is -0.0800. The van der Waals surface area contributed by atoms with E-state index >= 15 is 0 Å². The van der Waals surface area contributed by atoms with Crippen LogP contribution in [0.3, 0.4) is 0 Å². The van der Waals surface area contributed by atoms with Crippen LogP contribution in [0.4, 0.5) is 0 Å². The lowest BCUT2D eigenvalue weighted by molar-refractivity contribution is 0.120. The Morgan fingerprint density at radius 3 is 2.25 bits per heavy atom. The highest BCUT2D eigenvalue weighted by molar-refractivity contribution is 4.66. The Morgan fingerprint density at radius 2 is 1.83 bits per heavy atom. The molecule has 74 valence electrons. The molecule has 0 rings (SSSR count). The zero-order valence-corrected chi connectivity index (χ0v) is 8.80. The smallest absolute Gasteiger partial charge is 0.0687 e. The second kappa shape index (κ2) is 6.44. The molecular formula is C10H23NO. The summed E-state index contributed by atoms with van der Waals surface area (Å²) >= 11 is 0. The highest BCUT2D eigenvalue weighted by atomic mass is 16.3. The van der Waals surface area contributed by atoms with Crippen molar-refractivity contribution in [2.75, 3.05) is 6.54 Å². The van der Waals surface area contributed by atoms with Crippen LogP contribution in [0.1, 0.15) is 40.5 Å². The van der Waals surface area contributed by atoms with Gasteiger partial charge in [-0.2, -0.15) is 0 Å². The molecule has 2 nitrogen and oxygen atoms in total. The lowest BCUT2D eigenvalue weighted by atomic mass is 10.1. The minimum Gasteiger partial charge on any atom is -0.392 e. The average molecular weight is 173 g/mol. The third-order valence-electron chi connectivity index (χ3n) is 2.17. The van der Waals surface area contributed by atoms with Gasteiger partial charge < -0.3 is 10.4 Å². The maximum atomic E-state index is 9.48. The molecule has 0 amide bonds. The second-order valence-electron chi connectivity index (χ2n) is 3.91. The molecule has 0 fully saturated rings. The van der Waals surface area contributed by atoms with Gasteiger partial charge >= 0.3 is 0 Å². The quantitative estimate of drug-likeness (QED) is 0.641. The van der Waals surface area contributed by atoms with Gasteiger partial charge in [-0.15, -0.1) is 0 Å². The fourth-order valence-electron chi connectivity index (χ4n) is 1.09. The monoisotopic (exact) mass is 173 g/mol. The fourth-order valence-corrected chi connectivity index (χ4v) is 1.09. The van der Waals surface area contributed by atoms with Gasteiger partial charge in [0.05, 0.1) is 6.10 Å². The van der Waals surface area contributed by atoms with Gasteiger partial charge in [-0.1, -0.05) is 27.2 Å². The molecule has 0 spiro atoms. The third kappa shape index (κ3) is 5.56. The van der Waals surface area contributed by atoms with Crippen LogP contribution in [0, 0.1) is 5.92 Å². The van der Waals surface area contributed by atoms with Crippen LogP contribution in [0.25, 0.3) is 0 Å². The summed E-state index contributed by atoms with van der Waals surface area (Å²) in [6.45, 7) is 9.14. The molecule has 0 aromatic heterocycles. The van der Waals surface area contributed by atoms with Gasteiger partial charge in [0, 0.05) is 12.6 Å². The van der Waals surface area contributed by atoms with E-state index in [9.17, 15) is 5.11 Å². The van der Waals surface area contributed by atoms with E-state index in [4.69, 9.17) is 0 Å². The minimum atomic E-state index is -0.204.